The van der Waals surface area contributed by atoms with Crippen LogP contribution in [0.3, 0.4) is 0 Å². The summed E-state index contributed by atoms with van der Waals surface area (Å²) in [5.74, 6) is -0.0583. The van der Waals surface area contributed by atoms with E-state index >= 15 is 0 Å². The summed E-state index contributed by atoms with van der Waals surface area (Å²) in [6, 6.07) is 33.5. The van der Waals surface area contributed by atoms with Crippen molar-refractivity contribution in [3.63, 3.8) is 0 Å². The van der Waals surface area contributed by atoms with Gasteiger partial charge in [0.1, 0.15) is 10.8 Å². The number of benzene rings is 5. The lowest BCUT2D eigenvalue weighted by Crippen LogP contribution is -2.23. The molecule has 0 fully saturated rings. The summed E-state index contributed by atoms with van der Waals surface area (Å²) >= 11 is 1.28. The molecule has 0 saturated heterocycles. The zero-order valence-corrected chi connectivity index (χ0v) is 27.9. The first-order valence-corrected chi connectivity index (χ1v) is 16.6. The Labute approximate surface area is 296 Å². The summed E-state index contributed by atoms with van der Waals surface area (Å²) in [5, 5.41) is 34.4. The fraction of sp³-hybridized carbons (Fsp3) is 0.0263. The third-order valence-corrected chi connectivity index (χ3v) is 9.42. The Bertz CT molecular complexity index is 2840. The number of para-hydroxylation sites is 1. The van der Waals surface area contributed by atoms with Gasteiger partial charge < -0.3 is 0 Å². The van der Waals surface area contributed by atoms with Crippen LogP contribution in [0.4, 0.5) is 11.4 Å². The highest BCUT2D eigenvalue weighted by Crippen LogP contribution is 2.39. The van der Waals surface area contributed by atoms with E-state index in [4.69, 9.17) is 4.98 Å². The minimum atomic E-state index is -0.738. The molecule has 0 spiro atoms. The summed E-state index contributed by atoms with van der Waals surface area (Å²) in [6.45, 7) is 1.81. The van der Waals surface area contributed by atoms with Crippen LogP contribution in [-0.2, 0) is 0 Å². The highest BCUT2D eigenvalue weighted by molar-refractivity contribution is 7.13. The second kappa shape index (κ2) is 12.6. The van der Waals surface area contributed by atoms with E-state index < -0.39 is 26.8 Å². The first-order valence-electron chi connectivity index (χ1n) is 15.8. The van der Waals surface area contributed by atoms with Gasteiger partial charge in [0.25, 0.3) is 22.5 Å². The number of hydrogen-bond donors (Lipinski definition) is 0. The minimum absolute atomic E-state index is 0.0147. The second-order valence-corrected chi connectivity index (χ2v) is 12.9. The zero-order chi connectivity index (χ0) is 36.1. The van der Waals surface area contributed by atoms with Crippen molar-refractivity contribution in [2.45, 2.75) is 6.92 Å². The number of aromatic nitrogens is 5. The van der Waals surface area contributed by atoms with Gasteiger partial charge in [-0.1, -0.05) is 84.1 Å². The number of pyridine rings is 1. The monoisotopic (exact) mass is 705 g/mol. The Hall–Kier alpha value is -7.19. The maximum Gasteiger partial charge on any atom is 0.277 e. The maximum absolute atomic E-state index is 14.6. The van der Waals surface area contributed by atoms with Gasteiger partial charge in [0, 0.05) is 28.6 Å². The van der Waals surface area contributed by atoms with Crippen LogP contribution in [0.15, 0.2) is 131 Å². The Morgan fingerprint density at radius 2 is 1.23 bits per heavy atom. The van der Waals surface area contributed by atoms with Crippen LogP contribution < -0.4 is 11.1 Å². The van der Waals surface area contributed by atoms with Crippen LogP contribution in [0.5, 0.6) is 0 Å². The van der Waals surface area contributed by atoms with Crippen molar-refractivity contribution in [1.29, 1.82) is 0 Å². The average molecular weight is 706 g/mol. The third kappa shape index (κ3) is 5.39. The van der Waals surface area contributed by atoms with Crippen LogP contribution >= 0.6 is 11.3 Å². The molecule has 0 aliphatic carbocycles. The van der Waals surface area contributed by atoms with Crippen molar-refractivity contribution in [3.8, 4) is 44.6 Å². The molecule has 0 amide bonds. The standard InChI is InChI=1S/C38H23N7O6S/c1-22-40-41-38(52-22)43-34(24-12-6-3-7-13-24)33(23-10-4-2-5-11-23)31-21-26(16-17-29(31)36(43)46)42-35(39-32-15-9-8-14-30(32)37(42)47)25-18-27(44(48)49)20-28(19-25)45(50)51/h2-21H,1H3. The van der Waals surface area contributed by atoms with E-state index in [2.05, 4.69) is 10.2 Å². The molecule has 8 aromatic rings. The molecule has 13 nitrogen and oxygen atoms in total. The fourth-order valence-corrected chi connectivity index (χ4v) is 7.05. The number of non-ortho nitro benzene ring substituents is 2. The van der Waals surface area contributed by atoms with E-state index in [0.29, 0.717) is 37.7 Å². The lowest BCUT2D eigenvalue weighted by atomic mass is 9.93. The van der Waals surface area contributed by atoms with Gasteiger partial charge in [0.15, 0.2) is 0 Å². The molecule has 0 N–H and O–H groups in total. The number of nitro groups is 2. The van der Waals surface area contributed by atoms with Crippen molar-refractivity contribution in [1.82, 2.24) is 24.3 Å². The average Bonchev–Trinajstić information content (AvgIpc) is 3.60. The SMILES string of the molecule is Cc1nnc(-n2c(-c3ccccc3)c(-c3ccccc3)c3cc(-n4c(-c5cc([N+](=O)[O-])cc([N+](=O)[O-])c5)nc5ccccc5c4=O)ccc3c2=O)s1. The molecule has 0 atom stereocenters. The molecular weight excluding hydrogens is 683 g/mol. The van der Waals surface area contributed by atoms with Crippen molar-refractivity contribution < 1.29 is 9.85 Å². The van der Waals surface area contributed by atoms with Crippen LogP contribution in [-0.4, -0.2) is 34.2 Å². The third-order valence-electron chi connectivity index (χ3n) is 8.60. The lowest BCUT2D eigenvalue weighted by Gasteiger charge is -2.20. The Balaban J connectivity index is 1.52. The number of nitro benzene ring substituents is 2. The summed E-state index contributed by atoms with van der Waals surface area (Å²) in [5.41, 5.74) is 1.32. The number of aryl methyl sites for hydroxylation is 1. The normalized spacial score (nSPS) is 11.2. The molecule has 0 radical (unpaired) electrons. The molecule has 0 bridgehead atoms. The molecule has 14 heteroatoms. The molecule has 52 heavy (non-hydrogen) atoms. The van der Waals surface area contributed by atoms with Crippen LogP contribution in [0.2, 0.25) is 0 Å². The molecule has 5 aromatic carbocycles. The first-order chi connectivity index (χ1) is 25.2. The topological polar surface area (TPSA) is 169 Å². The molecular formula is C38H23N7O6S. The number of nitrogens with zero attached hydrogens (tertiary/aromatic N) is 7. The number of rotatable bonds is 7. The van der Waals surface area contributed by atoms with Crippen molar-refractivity contribution in [2.75, 3.05) is 0 Å². The molecule has 0 unspecified atom stereocenters. The molecule has 3 aromatic heterocycles. The van der Waals surface area contributed by atoms with Crippen LogP contribution in [0.25, 0.3) is 66.3 Å². The van der Waals surface area contributed by atoms with Gasteiger partial charge in [-0.25, -0.2) is 9.55 Å². The number of hydrogen-bond acceptors (Lipinski definition) is 10. The quantitative estimate of drug-likeness (QED) is 0.119. The van der Waals surface area contributed by atoms with Crippen LogP contribution in [0.1, 0.15) is 5.01 Å². The van der Waals surface area contributed by atoms with E-state index in [-0.39, 0.29) is 28.0 Å². The molecule has 0 aliphatic rings. The first kappa shape index (κ1) is 32.0. The van der Waals surface area contributed by atoms with Crippen molar-refractivity contribution >= 4 is 44.4 Å². The van der Waals surface area contributed by atoms with Gasteiger partial charge in [0.2, 0.25) is 5.13 Å². The summed E-state index contributed by atoms with van der Waals surface area (Å²) < 4.78 is 2.82. The summed E-state index contributed by atoms with van der Waals surface area (Å²) in [4.78, 5) is 56.0. The largest absolute Gasteiger partial charge is 0.277 e. The van der Waals surface area contributed by atoms with Gasteiger partial charge in [-0.3, -0.25) is 34.4 Å². The van der Waals surface area contributed by atoms with Gasteiger partial charge in [0.05, 0.1) is 38.2 Å². The van der Waals surface area contributed by atoms with Crippen LogP contribution in [0, 0.1) is 27.2 Å². The summed E-state index contributed by atoms with van der Waals surface area (Å²) in [7, 11) is 0. The van der Waals surface area contributed by atoms with E-state index in [9.17, 15) is 29.8 Å². The molecule has 0 aliphatic heterocycles. The van der Waals surface area contributed by atoms with E-state index in [0.717, 1.165) is 29.3 Å². The van der Waals surface area contributed by atoms with Crippen molar-refractivity contribution in [2.24, 2.45) is 0 Å². The molecule has 8 rings (SSSR count). The molecule has 0 saturated carbocycles. The van der Waals surface area contributed by atoms with Crippen molar-refractivity contribution in [3.05, 3.63) is 167 Å². The highest BCUT2D eigenvalue weighted by atomic mass is 32.1. The second-order valence-electron chi connectivity index (χ2n) is 11.8. The Kier molecular flexibility index (Phi) is 7.77. The highest BCUT2D eigenvalue weighted by Gasteiger charge is 2.25. The fourth-order valence-electron chi connectivity index (χ4n) is 6.35. The number of fused-ring (bicyclic) bond motifs is 2. The van der Waals surface area contributed by atoms with Gasteiger partial charge in [-0.2, -0.15) is 0 Å². The van der Waals surface area contributed by atoms with E-state index in [1.807, 2.05) is 67.6 Å². The lowest BCUT2D eigenvalue weighted by molar-refractivity contribution is -0.394. The van der Waals surface area contributed by atoms with Gasteiger partial charge in [-0.05, 0) is 53.8 Å². The molecule has 252 valence electrons. The predicted molar refractivity (Wildman–Crippen MR) is 198 cm³/mol. The smallest absolute Gasteiger partial charge is 0.268 e. The van der Waals surface area contributed by atoms with Gasteiger partial charge >= 0.3 is 0 Å². The Morgan fingerprint density at radius 3 is 1.87 bits per heavy atom. The summed E-state index contributed by atoms with van der Waals surface area (Å²) in [6.07, 6.45) is 0. The van der Waals surface area contributed by atoms with E-state index in [1.54, 1.807) is 47.0 Å². The zero-order valence-electron chi connectivity index (χ0n) is 27.0. The van der Waals surface area contributed by atoms with Gasteiger partial charge in [-0.15, -0.1) is 10.2 Å². The Morgan fingerprint density at radius 1 is 0.615 bits per heavy atom. The van der Waals surface area contributed by atoms with E-state index in [1.165, 1.54) is 15.9 Å². The predicted octanol–water partition coefficient (Wildman–Crippen LogP) is 7.67. The molecule has 3 heterocycles. The maximum atomic E-state index is 14.6. The minimum Gasteiger partial charge on any atom is -0.268 e.